The molecule has 56 valence electrons. The molecule has 0 aliphatic carbocycles. The van der Waals surface area contributed by atoms with Crippen LogP contribution in [0.1, 0.15) is 0 Å². The maximum atomic E-state index is 9.29. The van der Waals surface area contributed by atoms with Gasteiger partial charge in [0.05, 0.1) is 5.52 Å². The van der Waals surface area contributed by atoms with Crippen molar-refractivity contribution >= 4 is 16.9 Å². The Hall–Kier alpha value is -1.71. The zero-order valence-corrected chi connectivity index (χ0v) is 5.70. The number of pyridine rings is 1. The van der Waals surface area contributed by atoms with E-state index in [1.807, 2.05) is 0 Å². The van der Waals surface area contributed by atoms with E-state index in [4.69, 9.17) is 5.73 Å². The first kappa shape index (κ1) is 6.03. The van der Waals surface area contributed by atoms with Crippen LogP contribution in [0.2, 0.25) is 0 Å². The smallest absolute Gasteiger partial charge is 0.144 e. The number of aromatic nitrogens is 2. The molecule has 0 saturated heterocycles. The molecule has 0 aliphatic rings. The predicted octanol–water partition coefficient (Wildman–Crippen LogP) is 0.851. The molecule has 0 spiro atoms. The molecule has 0 bridgehead atoms. The fourth-order valence-electron chi connectivity index (χ4n) is 1.04. The topological polar surface area (TPSA) is 74.9 Å². The average molecular weight is 149 g/mol. The van der Waals surface area contributed by atoms with Crippen molar-refractivity contribution < 1.29 is 5.11 Å². The van der Waals surface area contributed by atoms with E-state index in [9.17, 15) is 5.11 Å². The van der Waals surface area contributed by atoms with E-state index in [0.717, 1.165) is 0 Å². The second kappa shape index (κ2) is 1.88. The minimum atomic E-state index is 0.137. The maximum absolute atomic E-state index is 9.29. The van der Waals surface area contributed by atoms with Crippen molar-refractivity contribution in [3.8, 4) is 5.75 Å². The molecule has 0 radical (unpaired) electrons. The Balaban J connectivity index is 2.91. The number of nitrogens with zero attached hydrogens (tertiary/aromatic N) is 1. The monoisotopic (exact) mass is 149 g/mol. The average Bonchev–Trinajstić information content (AvgIpc) is 2.34. The number of rotatable bonds is 0. The summed E-state index contributed by atoms with van der Waals surface area (Å²) >= 11 is 0. The molecule has 0 aliphatic heterocycles. The highest BCUT2D eigenvalue weighted by atomic mass is 16.3. The first-order chi connectivity index (χ1) is 5.27. The van der Waals surface area contributed by atoms with Crippen molar-refractivity contribution in [2.45, 2.75) is 0 Å². The van der Waals surface area contributed by atoms with Gasteiger partial charge in [0.2, 0.25) is 0 Å². The third kappa shape index (κ3) is 0.797. The van der Waals surface area contributed by atoms with E-state index in [0.29, 0.717) is 16.9 Å². The lowest BCUT2D eigenvalue weighted by Crippen LogP contribution is -1.88. The minimum Gasteiger partial charge on any atom is -0.506 e. The fourth-order valence-corrected chi connectivity index (χ4v) is 1.04. The van der Waals surface area contributed by atoms with Crippen LogP contribution in [0.3, 0.4) is 0 Å². The lowest BCUT2D eigenvalue weighted by Gasteiger charge is -1.95. The number of anilines is 1. The van der Waals surface area contributed by atoms with Crippen LogP contribution >= 0.6 is 0 Å². The molecule has 0 aromatic carbocycles. The van der Waals surface area contributed by atoms with E-state index >= 15 is 0 Å². The van der Waals surface area contributed by atoms with Crippen molar-refractivity contribution in [2.75, 3.05) is 5.73 Å². The number of nitrogens with two attached hydrogens (primary N) is 1. The summed E-state index contributed by atoms with van der Waals surface area (Å²) in [5.41, 5.74) is 6.71. The van der Waals surface area contributed by atoms with Gasteiger partial charge in [-0.05, 0) is 6.07 Å². The standard InChI is InChI=1S/C7H7N3O/c8-6-3-5(11)7-4(10-6)1-2-9-7/h1-3,9H,(H3,8,10,11). The zero-order chi connectivity index (χ0) is 7.84. The highest BCUT2D eigenvalue weighted by molar-refractivity contribution is 5.82. The molecule has 0 amide bonds. The van der Waals surface area contributed by atoms with Gasteiger partial charge in [0.1, 0.15) is 17.1 Å². The molecule has 2 rings (SSSR count). The molecule has 4 N–H and O–H groups in total. The molecule has 2 aromatic heterocycles. The maximum Gasteiger partial charge on any atom is 0.144 e. The lowest BCUT2D eigenvalue weighted by molar-refractivity contribution is 0.480. The fraction of sp³-hybridized carbons (Fsp3) is 0. The van der Waals surface area contributed by atoms with Crippen LogP contribution in [0.25, 0.3) is 11.0 Å². The third-order valence-corrected chi connectivity index (χ3v) is 1.52. The number of hydrogen-bond donors (Lipinski definition) is 3. The van der Waals surface area contributed by atoms with Gasteiger partial charge in [0.15, 0.2) is 0 Å². The molecule has 11 heavy (non-hydrogen) atoms. The summed E-state index contributed by atoms with van der Waals surface area (Å²) in [6, 6.07) is 3.17. The highest BCUT2D eigenvalue weighted by Crippen LogP contribution is 2.22. The van der Waals surface area contributed by atoms with Crippen LogP contribution in [0.4, 0.5) is 5.82 Å². The van der Waals surface area contributed by atoms with Gasteiger partial charge in [-0.3, -0.25) is 0 Å². The highest BCUT2D eigenvalue weighted by Gasteiger charge is 2.01. The Kier molecular flexibility index (Phi) is 1.03. The van der Waals surface area contributed by atoms with Crippen molar-refractivity contribution in [1.29, 1.82) is 0 Å². The van der Waals surface area contributed by atoms with Crippen LogP contribution in [-0.4, -0.2) is 15.1 Å². The number of aromatic hydroxyl groups is 1. The van der Waals surface area contributed by atoms with E-state index in [1.165, 1.54) is 6.07 Å². The van der Waals surface area contributed by atoms with E-state index < -0.39 is 0 Å². The van der Waals surface area contributed by atoms with E-state index in [1.54, 1.807) is 12.3 Å². The zero-order valence-electron chi connectivity index (χ0n) is 5.70. The Morgan fingerprint density at radius 2 is 2.36 bits per heavy atom. The molecular formula is C7H7N3O. The normalized spacial score (nSPS) is 10.5. The summed E-state index contributed by atoms with van der Waals surface area (Å²) < 4.78 is 0. The summed E-state index contributed by atoms with van der Waals surface area (Å²) in [6.07, 6.45) is 1.71. The van der Waals surface area contributed by atoms with E-state index in [2.05, 4.69) is 9.97 Å². The molecule has 2 aromatic rings. The Morgan fingerprint density at radius 1 is 1.55 bits per heavy atom. The van der Waals surface area contributed by atoms with Gasteiger partial charge in [0.25, 0.3) is 0 Å². The first-order valence-corrected chi connectivity index (χ1v) is 3.20. The molecule has 0 saturated carbocycles. The van der Waals surface area contributed by atoms with Crippen molar-refractivity contribution in [3.63, 3.8) is 0 Å². The van der Waals surface area contributed by atoms with Gasteiger partial charge < -0.3 is 15.8 Å². The quantitative estimate of drug-likeness (QED) is 0.519. The lowest BCUT2D eigenvalue weighted by atomic mass is 10.3. The van der Waals surface area contributed by atoms with Gasteiger partial charge >= 0.3 is 0 Å². The second-order valence-electron chi connectivity index (χ2n) is 2.30. The molecule has 0 fully saturated rings. The van der Waals surface area contributed by atoms with Crippen molar-refractivity contribution in [2.24, 2.45) is 0 Å². The van der Waals surface area contributed by atoms with Crippen LogP contribution in [0, 0.1) is 0 Å². The van der Waals surface area contributed by atoms with Gasteiger partial charge in [0, 0.05) is 12.3 Å². The van der Waals surface area contributed by atoms with Gasteiger partial charge in [-0.25, -0.2) is 4.98 Å². The summed E-state index contributed by atoms with van der Waals surface area (Å²) in [5.74, 6) is 0.465. The largest absolute Gasteiger partial charge is 0.506 e. The molecule has 0 unspecified atom stereocenters. The SMILES string of the molecule is Nc1cc(O)c2[nH]ccc2n1. The number of fused-ring (bicyclic) bond motifs is 1. The Morgan fingerprint density at radius 3 is 3.18 bits per heavy atom. The number of nitrogens with one attached hydrogen (secondary N) is 1. The van der Waals surface area contributed by atoms with Crippen molar-refractivity contribution in [1.82, 2.24) is 9.97 Å². The van der Waals surface area contributed by atoms with E-state index in [-0.39, 0.29) is 5.75 Å². The van der Waals surface area contributed by atoms with Crippen molar-refractivity contribution in [3.05, 3.63) is 18.3 Å². The van der Waals surface area contributed by atoms with Crippen LogP contribution in [0.5, 0.6) is 5.75 Å². The molecule has 4 heteroatoms. The molecule has 0 atom stereocenters. The number of hydrogen-bond acceptors (Lipinski definition) is 3. The number of aromatic amines is 1. The summed E-state index contributed by atoms with van der Waals surface area (Å²) in [5, 5.41) is 9.29. The molecular weight excluding hydrogens is 142 g/mol. The van der Waals surface area contributed by atoms with Gasteiger partial charge in [-0.1, -0.05) is 0 Å². The molecule has 2 heterocycles. The molecule has 4 nitrogen and oxygen atoms in total. The summed E-state index contributed by atoms with van der Waals surface area (Å²) in [6.45, 7) is 0. The van der Waals surface area contributed by atoms with Gasteiger partial charge in [-0.2, -0.15) is 0 Å². The second-order valence-corrected chi connectivity index (χ2v) is 2.30. The van der Waals surface area contributed by atoms with Crippen LogP contribution < -0.4 is 5.73 Å². The first-order valence-electron chi connectivity index (χ1n) is 3.20. The van der Waals surface area contributed by atoms with Crippen LogP contribution in [0.15, 0.2) is 18.3 Å². The summed E-state index contributed by atoms with van der Waals surface area (Å²) in [4.78, 5) is 6.83. The number of nitrogen functional groups attached to an aromatic ring is 1. The Labute approximate surface area is 62.7 Å². The third-order valence-electron chi connectivity index (χ3n) is 1.52. The minimum absolute atomic E-state index is 0.137. The summed E-state index contributed by atoms with van der Waals surface area (Å²) in [7, 11) is 0. The predicted molar refractivity (Wildman–Crippen MR) is 42.2 cm³/mol. The number of H-pyrrole nitrogens is 1. The van der Waals surface area contributed by atoms with Gasteiger partial charge in [-0.15, -0.1) is 0 Å². The Bertz CT molecular complexity index is 393. The van der Waals surface area contributed by atoms with Crippen LogP contribution in [-0.2, 0) is 0 Å².